The van der Waals surface area contributed by atoms with Crippen LogP contribution in [0.15, 0.2) is 0 Å². The van der Waals surface area contributed by atoms with E-state index in [1.54, 1.807) is 0 Å². The van der Waals surface area contributed by atoms with E-state index in [0.29, 0.717) is 0 Å². The number of nitrogens with one attached hydrogen (secondary N) is 1. The molecular formula is C4H20N3NaO12P2. The maximum atomic E-state index is 11.0. The molecule has 0 saturated carbocycles. The van der Waals surface area contributed by atoms with Crippen molar-refractivity contribution in [2.45, 2.75) is 0 Å². The zero-order chi connectivity index (χ0) is 13.9. The van der Waals surface area contributed by atoms with Crippen molar-refractivity contribution in [3.63, 3.8) is 0 Å². The van der Waals surface area contributed by atoms with Crippen LogP contribution < -0.4 is 35.3 Å². The fourth-order valence-electron chi connectivity index (χ4n) is 0.587. The Labute approximate surface area is 147 Å². The summed E-state index contributed by atoms with van der Waals surface area (Å²) in [5, 5.41) is 6.88. The number of rotatable bonds is 5. The van der Waals surface area contributed by atoms with Crippen molar-refractivity contribution in [2.75, 3.05) is 13.6 Å². The molecule has 0 rings (SSSR count). The Bertz CT molecular complexity index is 419. The van der Waals surface area contributed by atoms with E-state index in [-0.39, 0.29) is 52.9 Å². The van der Waals surface area contributed by atoms with Crippen LogP contribution in [0.4, 0.5) is 0 Å². The van der Waals surface area contributed by atoms with Crippen molar-refractivity contribution in [2.24, 2.45) is 5.73 Å². The molecule has 0 aliphatic carbocycles. The standard InChI is InChI=1S/C4H11N3O8P2.Na.4H2O.H/c1-7(4(5)6)2-3(8)14-17(12,13)15-16(9,10)11;;;;;;/h2H2,1H3,(H3,5,6)(H,12,13)(H2,9,10,11);;4*1H2;/q;+1;;;;;-1. The van der Waals surface area contributed by atoms with E-state index in [9.17, 15) is 13.9 Å². The first-order valence-corrected chi connectivity index (χ1v) is 6.83. The van der Waals surface area contributed by atoms with Crippen LogP contribution in [0, 0.1) is 5.41 Å². The van der Waals surface area contributed by atoms with Gasteiger partial charge in [0, 0.05) is 7.05 Å². The zero-order valence-electron chi connectivity index (χ0n) is 12.5. The molecule has 0 heterocycles. The summed E-state index contributed by atoms with van der Waals surface area (Å²) < 4.78 is 28.3. The third-order valence-electron chi connectivity index (χ3n) is 1.20. The van der Waals surface area contributed by atoms with Gasteiger partial charge in [-0.1, -0.05) is 0 Å². The minimum atomic E-state index is -5.27. The van der Waals surface area contributed by atoms with E-state index in [2.05, 4.69) is 8.83 Å². The summed E-state index contributed by atoms with van der Waals surface area (Å²) in [7, 11) is -9.26. The second-order valence-electron chi connectivity index (χ2n) is 2.75. The van der Waals surface area contributed by atoms with E-state index >= 15 is 0 Å². The largest absolute Gasteiger partial charge is 1.00 e. The molecule has 0 fully saturated rings. The third-order valence-corrected chi connectivity index (χ3v) is 3.31. The number of likely N-dealkylation sites (N-methyl/N-ethyl adjacent to an activating group) is 1. The molecule has 0 aliphatic heterocycles. The number of guanidine groups is 1. The molecule has 0 amide bonds. The van der Waals surface area contributed by atoms with Gasteiger partial charge in [-0.3, -0.25) is 10.3 Å². The summed E-state index contributed by atoms with van der Waals surface area (Å²) >= 11 is 0. The molecule has 0 aromatic rings. The molecule has 14 N–H and O–H groups in total. The van der Waals surface area contributed by atoms with Crippen LogP contribution in [0.5, 0.6) is 0 Å². The molecular weight excluding hydrogens is 367 g/mol. The predicted octanol–water partition coefficient (Wildman–Crippen LogP) is -7.62. The van der Waals surface area contributed by atoms with E-state index in [1.807, 2.05) is 0 Å². The summed E-state index contributed by atoms with van der Waals surface area (Å²) in [6.45, 7) is -0.662. The first kappa shape index (κ1) is 37.8. The molecule has 0 aromatic heterocycles. The topological polar surface area (TPSA) is 309 Å². The molecule has 0 aromatic carbocycles. The van der Waals surface area contributed by atoms with Gasteiger partial charge in [0.25, 0.3) is 0 Å². The van der Waals surface area contributed by atoms with Gasteiger partial charge in [-0.05, 0) is 0 Å². The summed E-state index contributed by atoms with van der Waals surface area (Å²) in [5.41, 5.74) is 4.96. The number of phosphoric acid groups is 2. The molecule has 0 aliphatic rings. The molecule has 0 saturated heterocycles. The van der Waals surface area contributed by atoms with Crippen LogP contribution in [-0.2, 0) is 22.8 Å². The first-order valence-electron chi connectivity index (χ1n) is 3.80. The number of nitrogens with two attached hydrogens (primary N) is 1. The van der Waals surface area contributed by atoms with Crippen molar-refractivity contribution < 1.29 is 90.3 Å². The van der Waals surface area contributed by atoms with Crippen molar-refractivity contribution in [1.29, 1.82) is 5.41 Å². The van der Waals surface area contributed by atoms with Gasteiger partial charge in [-0.2, -0.15) is 4.31 Å². The van der Waals surface area contributed by atoms with Crippen LogP contribution in [-0.4, -0.2) is 67.0 Å². The van der Waals surface area contributed by atoms with Crippen LogP contribution >= 0.6 is 15.6 Å². The number of carbonyl (C=O) groups is 1. The van der Waals surface area contributed by atoms with E-state index in [0.717, 1.165) is 4.90 Å². The predicted molar refractivity (Wildman–Crippen MR) is 69.2 cm³/mol. The molecule has 15 nitrogen and oxygen atoms in total. The maximum absolute atomic E-state index is 11.0. The third kappa shape index (κ3) is 19.9. The van der Waals surface area contributed by atoms with Crippen molar-refractivity contribution >= 4 is 27.6 Å². The molecule has 0 radical (unpaired) electrons. The number of hydrogen-bond acceptors (Lipinski definition) is 6. The fraction of sp³-hybridized carbons (Fsp3) is 0.500. The Morgan fingerprint density at radius 1 is 1.23 bits per heavy atom. The average molecular weight is 387 g/mol. The summed E-state index contributed by atoms with van der Waals surface area (Å²) in [6.07, 6.45) is 0. The zero-order valence-corrected chi connectivity index (χ0v) is 15.3. The maximum Gasteiger partial charge on any atom is 1.00 e. The molecule has 134 valence electrons. The van der Waals surface area contributed by atoms with Gasteiger partial charge in [0.1, 0.15) is 6.54 Å². The SMILES string of the molecule is CN(CC(=O)OP(=O)(O)OP(=O)(O)O)C(=N)N.O.O.O.O.[H-].[Na+]. The van der Waals surface area contributed by atoms with Crippen LogP contribution in [0.3, 0.4) is 0 Å². The molecule has 0 spiro atoms. The monoisotopic (exact) mass is 387 g/mol. The Balaban J connectivity index is -0.0000000853. The Morgan fingerprint density at radius 2 is 1.59 bits per heavy atom. The molecule has 1 unspecified atom stereocenters. The fourth-order valence-corrected chi connectivity index (χ4v) is 2.11. The quantitative estimate of drug-likeness (QED) is 0.128. The summed E-state index contributed by atoms with van der Waals surface area (Å²) in [4.78, 5) is 37.1. The molecule has 22 heavy (non-hydrogen) atoms. The van der Waals surface area contributed by atoms with Gasteiger partial charge in [0.2, 0.25) is 0 Å². The van der Waals surface area contributed by atoms with Gasteiger partial charge in [0.15, 0.2) is 5.96 Å². The van der Waals surface area contributed by atoms with Crippen molar-refractivity contribution in [1.82, 2.24) is 4.90 Å². The van der Waals surface area contributed by atoms with Crippen molar-refractivity contribution in [3.05, 3.63) is 0 Å². The Hall–Kier alpha value is -0.120. The number of hydrogen-bond donors (Lipinski definition) is 5. The van der Waals surface area contributed by atoms with Crippen LogP contribution in [0.1, 0.15) is 1.43 Å². The van der Waals surface area contributed by atoms with Gasteiger partial charge in [-0.25, -0.2) is 13.9 Å². The van der Waals surface area contributed by atoms with Gasteiger partial charge >= 0.3 is 51.2 Å². The number of phosphoric ester groups is 1. The smallest absolute Gasteiger partial charge is 1.00 e. The molecule has 18 heteroatoms. The Morgan fingerprint density at radius 3 is 1.86 bits per heavy atom. The van der Waals surface area contributed by atoms with E-state index in [1.165, 1.54) is 7.05 Å². The van der Waals surface area contributed by atoms with E-state index < -0.39 is 34.1 Å². The van der Waals surface area contributed by atoms with Crippen molar-refractivity contribution in [3.8, 4) is 0 Å². The second kappa shape index (κ2) is 14.5. The Kier molecular flexibility index (Phi) is 24.9. The normalized spacial score (nSPS) is 11.5. The molecule has 0 bridgehead atoms. The number of nitrogens with zero attached hydrogens (tertiary/aromatic N) is 1. The summed E-state index contributed by atoms with van der Waals surface area (Å²) in [5.74, 6) is -1.85. The molecule has 1 atom stereocenters. The van der Waals surface area contributed by atoms with Crippen LogP contribution in [0.25, 0.3) is 0 Å². The number of carbonyl (C=O) groups excluding carboxylic acids is 1. The second-order valence-corrected chi connectivity index (χ2v) is 5.50. The average Bonchev–Trinajstić information content (AvgIpc) is 1.96. The van der Waals surface area contributed by atoms with Gasteiger partial charge in [-0.15, -0.1) is 0 Å². The van der Waals surface area contributed by atoms with Gasteiger partial charge in [0.05, 0.1) is 0 Å². The van der Waals surface area contributed by atoms with Gasteiger partial charge < -0.3 is 48.3 Å². The minimum Gasteiger partial charge on any atom is -1.00 e. The summed E-state index contributed by atoms with van der Waals surface area (Å²) in [6, 6.07) is 0. The van der Waals surface area contributed by atoms with Crippen LogP contribution in [0.2, 0.25) is 0 Å². The minimum absolute atomic E-state index is 0. The first-order chi connectivity index (χ1) is 7.43. The van der Waals surface area contributed by atoms with E-state index in [4.69, 9.17) is 25.8 Å².